The zero-order valence-electron chi connectivity index (χ0n) is 6.61. The SMILES string of the molecule is COC(C)Nc1ncccn1. The van der Waals surface area contributed by atoms with Gasteiger partial charge < -0.3 is 10.1 Å². The van der Waals surface area contributed by atoms with Gasteiger partial charge in [0.05, 0.1) is 0 Å². The van der Waals surface area contributed by atoms with Gasteiger partial charge in [-0.2, -0.15) is 0 Å². The minimum absolute atomic E-state index is 0.0580. The van der Waals surface area contributed by atoms with Crippen molar-refractivity contribution < 1.29 is 4.74 Å². The van der Waals surface area contributed by atoms with Gasteiger partial charge in [0.1, 0.15) is 6.23 Å². The highest BCUT2D eigenvalue weighted by atomic mass is 16.5. The predicted molar refractivity (Wildman–Crippen MR) is 42.1 cm³/mol. The van der Waals surface area contributed by atoms with E-state index in [1.807, 2.05) is 6.92 Å². The van der Waals surface area contributed by atoms with Gasteiger partial charge in [-0.25, -0.2) is 9.97 Å². The van der Waals surface area contributed by atoms with Gasteiger partial charge >= 0.3 is 0 Å². The minimum Gasteiger partial charge on any atom is -0.362 e. The highest BCUT2D eigenvalue weighted by molar-refractivity contribution is 5.22. The van der Waals surface area contributed by atoms with Crippen LogP contribution in [0, 0.1) is 0 Å². The predicted octanol–water partition coefficient (Wildman–Crippen LogP) is 0.881. The van der Waals surface area contributed by atoms with Gasteiger partial charge in [0.25, 0.3) is 0 Å². The molecule has 0 saturated carbocycles. The van der Waals surface area contributed by atoms with Crippen molar-refractivity contribution in [2.24, 2.45) is 0 Å². The van der Waals surface area contributed by atoms with Crippen LogP contribution >= 0.6 is 0 Å². The van der Waals surface area contributed by atoms with Crippen LogP contribution < -0.4 is 5.32 Å². The lowest BCUT2D eigenvalue weighted by atomic mass is 10.6. The van der Waals surface area contributed by atoms with Gasteiger partial charge in [0.2, 0.25) is 5.95 Å². The molecule has 0 aliphatic heterocycles. The number of nitrogens with one attached hydrogen (secondary N) is 1. The van der Waals surface area contributed by atoms with Crippen LogP contribution in [0.5, 0.6) is 0 Å². The molecule has 0 fully saturated rings. The summed E-state index contributed by atoms with van der Waals surface area (Å²) in [5, 5.41) is 2.95. The van der Waals surface area contributed by atoms with E-state index in [0.717, 1.165) is 0 Å². The molecule has 0 radical (unpaired) electrons. The first-order chi connectivity index (χ1) is 5.33. The lowest BCUT2D eigenvalue weighted by Crippen LogP contribution is -2.18. The van der Waals surface area contributed by atoms with Crippen LogP contribution in [-0.2, 0) is 4.74 Å². The van der Waals surface area contributed by atoms with E-state index in [1.54, 1.807) is 25.6 Å². The van der Waals surface area contributed by atoms with Gasteiger partial charge in [0, 0.05) is 19.5 Å². The second kappa shape index (κ2) is 3.88. The Kier molecular flexibility index (Phi) is 2.80. The highest BCUT2D eigenvalue weighted by Crippen LogP contribution is 1.96. The van der Waals surface area contributed by atoms with Crippen molar-refractivity contribution in [2.45, 2.75) is 13.2 Å². The average Bonchev–Trinajstić information content (AvgIpc) is 2.06. The summed E-state index contributed by atoms with van der Waals surface area (Å²) in [6.07, 6.45) is 3.30. The van der Waals surface area contributed by atoms with Crippen LogP contribution in [0.25, 0.3) is 0 Å². The number of methoxy groups -OCH3 is 1. The van der Waals surface area contributed by atoms with Crippen molar-refractivity contribution >= 4 is 5.95 Å². The van der Waals surface area contributed by atoms with Crippen molar-refractivity contribution in [3.63, 3.8) is 0 Å². The van der Waals surface area contributed by atoms with Gasteiger partial charge in [-0.3, -0.25) is 0 Å². The molecule has 4 nitrogen and oxygen atoms in total. The third-order valence-electron chi connectivity index (χ3n) is 1.25. The molecule has 0 aliphatic rings. The smallest absolute Gasteiger partial charge is 0.224 e. The van der Waals surface area contributed by atoms with Crippen molar-refractivity contribution in [1.82, 2.24) is 9.97 Å². The van der Waals surface area contributed by atoms with Crippen molar-refractivity contribution in [3.8, 4) is 0 Å². The monoisotopic (exact) mass is 153 g/mol. The van der Waals surface area contributed by atoms with E-state index in [1.165, 1.54) is 0 Å². The van der Waals surface area contributed by atoms with Gasteiger partial charge in [-0.1, -0.05) is 0 Å². The summed E-state index contributed by atoms with van der Waals surface area (Å²) in [5.41, 5.74) is 0. The van der Waals surface area contributed by atoms with Crippen LogP contribution in [0.15, 0.2) is 18.5 Å². The van der Waals surface area contributed by atoms with Crippen molar-refractivity contribution in [1.29, 1.82) is 0 Å². The average molecular weight is 153 g/mol. The maximum atomic E-state index is 4.96. The highest BCUT2D eigenvalue weighted by Gasteiger charge is 1.98. The fourth-order valence-corrected chi connectivity index (χ4v) is 0.614. The maximum Gasteiger partial charge on any atom is 0.224 e. The summed E-state index contributed by atoms with van der Waals surface area (Å²) in [4.78, 5) is 7.93. The van der Waals surface area contributed by atoms with E-state index < -0.39 is 0 Å². The van der Waals surface area contributed by atoms with Gasteiger partial charge in [-0.15, -0.1) is 0 Å². The molecule has 1 aromatic heterocycles. The lowest BCUT2D eigenvalue weighted by molar-refractivity contribution is 0.140. The molecule has 11 heavy (non-hydrogen) atoms. The molecule has 4 heteroatoms. The van der Waals surface area contributed by atoms with E-state index in [0.29, 0.717) is 5.95 Å². The van der Waals surface area contributed by atoms with E-state index in [-0.39, 0.29) is 6.23 Å². The Hall–Kier alpha value is -1.16. The quantitative estimate of drug-likeness (QED) is 0.655. The normalized spacial score (nSPS) is 12.5. The molecule has 1 rings (SSSR count). The van der Waals surface area contributed by atoms with Gasteiger partial charge in [0.15, 0.2) is 0 Å². The lowest BCUT2D eigenvalue weighted by Gasteiger charge is -2.10. The van der Waals surface area contributed by atoms with Crippen molar-refractivity contribution in [3.05, 3.63) is 18.5 Å². The molecule has 0 amide bonds. The zero-order valence-corrected chi connectivity index (χ0v) is 6.61. The van der Waals surface area contributed by atoms with Gasteiger partial charge in [-0.05, 0) is 13.0 Å². The summed E-state index contributed by atoms with van der Waals surface area (Å²) >= 11 is 0. The minimum atomic E-state index is -0.0580. The Bertz CT molecular complexity index is 202. The Morgan fingerprint density at radius 3 is 2.64 bits per heavy atom. The molecule has 0 aliphatic carbocycles. The maximum absolute atomic E-state index is 4.96. The molecule has 0 spiro atoms. The molecule has 0 saturated heterocycles. The summed E-state index contributed by atoms with van der Waals surface area (Å²) in [5.74, 6) is 0.585. The summed E-state index contributed by atoms with van der Waals surface area (Å²) in [6, 6.07) is 1.77. The summed E-state index contributed by atoms with van der Waals surface area (Å²) in [7, 11) is 1.63. The molecule has 0 aromatic carbocycles. The first-order valence-electron chi connectivity index (χ1n) is 3.39. The van der Waals surface area contributed by atoms with Crippen LogP contribution in [0.4, 0.5) is 5.95 Å². The second-order valence-electron chi connectivity index (χ2n) is 2.09. The largest absolute Gasteiger partial charge is 0.362 e. The Morgan fingerprint density at radius 2 is 2.09 bits per heavy atom. The molecular formula is C7H11N3O. The Morgan fingerprint density at radius 1 is 1.45 bits per heavy atom. The number of ether oxygens (including phenoxy) is 1. The number of hydrogen-bond acceptors (Lipinski definition) is 4. The topological polar surface area (TPSA) is 47.0 Å². The molecule has 0 bridgehead atoms. The molecule has 1 atom stereocenters. The zero-order chi connectivity index (χ0) is 8.10. The standard InChI is InChI=1S/C7H11N3O/c1-6(11-2)10-7-8-4-3-5-9-7/h3-6H,1-2H3,(H,8,9,10). The molecule has 1 heterocycles. The Balaban J connectivity index is 2.51. The Labute approximate surface area is 65.6 Å². The van der Waals surface area contributed by atoms with E-state index >= 15 is 0 Å². The number of anilines is 1. The van der Waals surface area contributed by atoms with Crippen LogP contribution in [0.3, 0.4) is 0 Å². The fourth-order valence-electron chi connectivity index (χ4n) is 0.614. The molecule has 1 aromatic rings. The third-order valence-corrected chi connectivity index (χ3v) is 1.25. The molecule has 60 valence electrons. The third kappa shape index (κ3) is 2.51. The molecule has 1 unspecified atom stereocenters. The summed E-state index contributed by atoms with van der Waals surface area (Å²) < 4.78 is 4.96. The van der Waals surface area contributed by atoms with E-state index in [2.05, 4.69) is 15.3 Å². The molecular weight excluding hydrogens is 142 g/mol. The second-order valence-corrected chi connectivity index (χ2v) is 2.09. The first kappa shape index (κ1) is 7.94. The number of nitrogens with zero attached hydrogens (tertiary/aromatic N) is 2. The van der Waals surface area contributed by atoms with E-state index in [9.17, 15) is 0 Å². The number of hydrogen-bond donors (Lipinski definition) is 1. The fraction of sp³-hybridized carbons (Fsp3) is 0.429. The summed E-state index contributed by atoms with van der Waals surface area (Å²) in [6.45, 7) is 1.89. The van der Waals surface area contributed by atoms with E-state index in [4.69, 9.17) is 4.74 Å². The first-order valence-corrected chi connectivity index (χ1v) is 3.39. The number of aromatic nitrogens is 2. The van der Waals surface area contributed by atoms with Crippen molar-refractivity contribution in [2.75, 3.05) is 12.4 Å². The number of rotatable bonds is 3. The van der Waals surface area contributed by atoms with Crippen LogP contribution in [0.1, 0.15) is 6.92 Å². The molecule has 1 N–H and O–H groups in total. The van der Waals surface area contributed by atoms with Crippen LogP contribution in [0.2, 0.25) is 0 Å². The van der Waals surface area contributed by atoms with Crippen LogP contribution in [-0.4, -0.2) is 23.3 Å².